The van der Waals surface area contributed by atoms with Crippen LogP contribution >= 0.6 is 0 Å². The Morgan fingerprint density at radius 3 is 2.61 bits per heavy atom. The van der Waals surface area contributed by atoms with Gasteiger partial charge in [0.2, 0.25) is 0 Å². The molecule has 118 valence electrons. The van der Waals surface area contributed by atoms with Crippen molar-refractivity contribution in [3.05, 3.63) is 59.2 Å². The molecule has 3 rings (SSSR count). The lowest BCUT2D eigenvalue weighted by Gasteiger charge is -2.06. The number of hydrogen-bond acceptors (Lipinski definition) is 1. The minimum atomic E-state index is -0.810. The van der Waals surface area contributed by atoms with E-state index in [2.05, 4.69) is 43.1 Å². The molecule has 0 aliphatic heterocycles. The maximum Gasteiger partial charge on any atom is 0.307 e. The summed E-state index contributed by atoms with van der Waals surface area (Å²) >= 11 is 0. The van der Waals surface area contributed by atoms with Crippen molar-refractivity contribution in [2.75, 3.05) is 0 Å². The van der Waals surface area contributed by atoms with Crippen LogP contribution in [-0.4, -0.2) is 16.1 Å². The third-order valence-corrected chi connectivity index (χ3v) is 4.23. The van der Waals surface area contributed by atoms with Gasteiger partial charge in [0, 0.05) is 10.9 Å². The fraction of sp³-hybridized carbons (Fsp3) is 0.250. The minimum absolute atomic E-state index is 0.0187. The number of carboxylic acid groups (broad SMARTS) is 1. The topological polar surface area (TPSA) is 53.1 Å². The molecule has 3 aromatic rings. The summed E-state index contributed by atoms with van der Waals surface area (Å²) in [4.78, 5) is 14.8. The highest BCUT2D eigenvalue weighted by Gasteiger charge is 2.16. The highest BCUT2D eigenvalue weighted by atomic mass is 16.4. The first-order valence-corrected chi connectivity index (χ1v) is 7.89. The van der Waals surface area contributed by atoms with Gasteiger partial charge in [0.05, 0.1) is 12.1 Å². The summed E-state index contributed by atoms with van der Waals surface area (Å²) in [5, 5.41) is 10.3. The first-order valence-electron chi connectivity index (χ1n) is 7.89. The van der Waals surface area contributed by atoms with Crippen LogP contribution < -0.4 is 0 Å². The Morgan fingerprint density at radius 1 is 1.17 bits per heavy atom. The van der Waals surface area contributed by atoms with Crippen molar-refractivity contribution >= 4 is 16.9 Å². The van der Waals surface area contributed by atoms with Crippen molar-refractivity contribution in [2.24, 2.45) is 0 Å². The predicted octanol–water partition coefficient (Wildman–Crippen LogP) is 4.89. The monoisotopic (exact) mass is 307 g/mol. The Kier molecular flexibility index (Phi) is 3.95. The Labute approximate surface area is 136 Å². The van der Waals surface area contributed by atoms with Gasteiger partial charge in [-0.25, -0.2) is 0 Å². The van der Waals surface area contributed by atoms with Crippen molar-refractivity contribution < 1.29 is 9.90 Å². The van der Waals surface area contributed by atoms with Gasteiger partial charge in [-0.2, -0.15) is 0 Å². The number of aromatic nitrogens is 1. The standard InChI is InChI=1S/C20H21NO2/c1-12(2)14-7-8-18-16(10-14)17(11-19(22)23)20(21-18)15-6-4-5-13(3)9-15/h4-10,12,21H,11H2,1-3H3,(H,22,23). The zero-order chi connectivity index (χ0) is 16.6. The smallest absolute Gasteiger partial charge is 0.307 e. The van der Waals surface area contributed by atoms with Crippen molar-refractivity contribution in [3.63, 3.8) is 0 Å². The zero-order valence-electron chi connectivity index (χ0n) is 13.7. The molecule has 0 fully saturated rings. The SMILES string of the molecule is Cc1cccc(-c2[nH]c3ccc(C(C)C)cc3c2CC(=O)O)c1. The van der Waals surface area contributed by atoms with E-state index in [1.807, 2.05) is 25.1 Å². The molecule has 0 atom stereocenters. The van der Waals surface area contributed by atoms with E-state index >= 15 is 0 Å². The molecule has 0 spiro atoms. The summed E-state index contributed by atoms with van der Waals surface area (Å²) < 4.78 is 0. The molecular weight excluding hydrogens is 286 g/mol. The third-order valence-electron chi connectivity index (χ3n) is 4.23. The average Bonchev–Trinajstić information content (AvgIpc) is 2.84. The van der Waals surface area contributed by atoms with Crippen LogP contribution in [0.25, 0.3) is 22.2 Å². The van der Waals surface area contributed by atoms with Crippen LogP contribution in [0.4, 0.5) is 0 Å². The van der Waals surface area contributed by atoms with Gasteiger partial charge in [-0.05, 0) is 47.7 Å². The predicted molar refractivity (Wildman–Crippen MR) is 93.9 cm³/mol. The number of nitrogens with one attached hydrogen (secondary N) is 1. The molecule has 2 N–H and O–H groups in total. The molecule has 3 nitrogen and oxygen atoms in total. The lowest BCUT2D eigenvalue weighted by Crippen LogP contribution is -2.01. The largest absolute Gasteiger partial charge is 0.481 e. The van der Waals surface area contributed by atoms with E-state index in [1.54, 1.807) is 0 Å². The molecule has 3 heteroatoms. The normalized spacial score (nSPS) is 11.3. The van der Waals surface area contributed by atoms with E-state index in [4.69, 9.17) is 0 Å². The van der Waals surface area contributed by atoms with Gasteiger partial charge in [-0.1, -0.05) is 43.7 Å². The molecule has 2 aromatic carbocycles. The van der Waals surface area contributed by atoms with E-state index < -0.39 is 5.97 Å². The van der Waals surface area contributed by atoms with Crippen molar-refractivity contribution in [1.29, 1.82) is 0 Å². The Morgan fingerprint density at radius 2 is 1.96 bits per heavy atom. The number of H-pyrrole nitrogens is 1. The van der Waals surface area contributed by atoms with E-state index in [9.17, 15) is 9.90 Å². The van der Waals surface area contributed by atoms with Crippen LogP contribution in [0.5, 0.6) is 0 Å². The molecule has 0 radical (unpaired) electrons. The van der Waals surface area contributed by atoms with Gasteiger partial charge in [0.25, 0.3) is 0 Å². The second kappa shape index (κ2) is 5.92. The van der Waals surface area contributed by atoms with Crippen LogP contribution in [0.3, 0.4) is 0 Å². The van der Waals surface area contributed by atoms with E-state index in [1.165, 1.54) is 5.56 Å². The summed E-state index contributed by atoms with van der Waals surface area (Å²) in [5.74, 6) is -0.399. The van der Waals surface area contributed by atoms with E-state index in [0.717, 1.165) is 33.3 Å². The van der Waals surface area contributed by atoms with Gasteiger partial charge in [0.1, 0.15) is 0 Å². The number of aliphatic carboxylic acids is 1. The van der Waals surface area contributed by atoms with Crippen molar-refractivity contribution in [1.82, 2.24) is 4.98 Å². The maximum atomic E-state index is 11.4. The van der Waals surface area contributed by atoms with Crippen molar-refractivity contribution in [3.8, 4) is 11.3 Å². The lowest BCUT2D eigenvalue weighted by molar-refractivity contribution is -0.136. The number of benzene rings is 2. The molecule has 0 aliphatic carbocycles. The third kappa shape index (κ3) is 3.00. The number of carboxylic acids is 1. The Bertz CT molecular complexity index is 874. The molecule has 0 bridgehead atoms. The maximum absolute atomic E-state index is 11.4. The highest BCUT2D eigenvalue weighted by molar-refractivity contribution is 5.94. The van der Waals surface area contributed by atoms with Gasteiger partial charge in [0.15, 0.2) is 0 Å². The van der Waals surface area contributed by atoms with E-state index in [0.29, 0.717) is 5.92 Å². The summed E-state index contributed by atoms with van der Waals surface area (Å²) in [6.07, 6.45) is 0.0187. The van der Waals surface area contributed by atoms with Gasteiger partial charge in [-0.3, -0.25) is 4.79 Å². The molecule has 0 unspecified atom stereocenters. The summed E-state index contributed by atoms with van der Waals surface area (Å²) in [7, 11) is 0. The quantitative estimate of drug-likeness (QED) is 0.720. The fourth-order valence-electron chi connectivity index (χ4n) is 3.01. The summed E-state index contributed by atoms with van der Waals surface area (Å²) in [6, 6.07) is 14.4. The summed E-state index contributed by atoms with van der Waals surface area (Å²) in [5.41, 5.74) is 6.17. The average molecular weight is 307 g/mol. The van der Waals surface area contributed by atoms with Gasteiger partial charge in [-0.15, -0.1) is 0 Å². The molecule has 1 aromatic heterocycles. The fourth-order valence-corrected chi connectivity index (χ4v) is 3.01. The number of aromatic amines is 1. The Balaban J connectivity index is 2.26. The highest BCUT2D eigenvalue weighted by Crippen LogP contribution is 2.33. The van der Waals surface area contributed by atoms with Crippen LogP contribution in [0.2, 0.25) is 0 Å². The number of hydrogen-bond donors (Lipinski definition) is 2. The molecular formula is C20H21NO2. The molecule has 0 saturated heterocycles. The number of carbonyl (C=O) groups is 1. The zero-order valence-corrected chi connectivity index (χ0v) is 13.7. The van der Waals surface area contributed by atoms with Gasteiger partial charge < -0.3 is 10.1 Å². The molecule has 23 heavy (non-hydrogen) atoms. The number of rotatable bonds is 4. The second-order valence-electron chi connectivity index (χ2n) is 6.38. The van der Waals surface area contributed by atoms with Crippen molar-refractivity contribution in [2.45, 2.75) is 33.1 Å². The number of aryl methyl sites for hydroxylation is 1. The first kappa shape index (κ1) is 15.3. The molecule has 0 saturated carbocycles. The van der Waals surface area contributed by atoms with Gasteiger partial charge >= 0.3 is 5.97 Å². The Hall–Kier alpha value is -2.55. The van der Waals surface area contributed by atoms with Crippen LogP contribution in [0, 0.1) is 6.92 Å². The van der Waals surface area contributed by atoms with Crippen LogP contribution in [-0.2, 0) is 11.2 Å². The van der Waals surface area contributed by atoms with Crippen LogP contribution in [0.1, 0.15) is 36.5 Å². The molecule has 0 amide bonds. The lowest BCUT2D eigenvalue weighted by atomic mass is 9.97. The summed E-state index contributed by atoms with van der Waals surface area (Å²) in [6.45, 7) is 6.33. The minimum Gasteiger partial charge on any atom is -0.481 e. The second-order valence-corrected chi connectivity index (χ2v) is 6.38. The number of fused-ring (bicyclic) bond motifs is 1. The molecule has 1 heterocycles. The van der Waals surface area contributed by atoms with Crippen LogP contribution in [0.15, 0.2) is 42.5 Å². The molecule has 0 aliphatic rings. The first-order chi connectivity index (χ1) is 11.0. The van der Waals surface area contributed by atoms with E-state index in [-0.39, 0.29) is 6.42 Å².